The van der Waals surface area contributed by atoms with Gasteiger partial charge in [-0.15, -0.1) is 0 Å². The van der Waals surface area contributed by atoms with E-state index in [9.17, 15) is 44.4 Å². The number of amides is 1. The van der Waals surface area contributed by atoms with Gasteiger partial charge in [0.2, 0.25) is 11.7 Å². The van der Waals surface area contributed by atoms with Gasteiger partial charge in [0.15, 0.2) is 26.2 Å². The van der Waals surface area contributed by atoms with Gasteiger partial charge in [-0.1, -0.05) is 19.1 Å². The van der Waals surface area contributed by atoms with Crippen LogP contribution in [-0.2, 0) is 25.5 Å². The highest BCUT2D eigenvalue weighted by atomic mass is 28.4. The van der Waals surface area contributed by atoms with Crippen molar-refractivity contribution in [3.8, 4) is 17.2 Å². The van der Waals surface area contributed by atoms with Crippen LogP contribution in [0.1, 0.15) is 88.6 Å². The zero-order chi connectivity index (χ0) is 35.3. The lowest BCUT2D eigenvalue weighted by molar-refractivity contribution is -0.238. The summed E-state index contributed by atoms with van der Waals surface area (Å²) < 4.78 is 17.7. The average molecular weight is 686 g/mol. The smallest absolute Gasteiger partial charge is 0.220 e. The number of benzene rings is 2. The quantitative estimate of drug-likeness (QED) is 0.134. The van der Waals surface area contributed by atoms with Crippen LogP contribution in [-0.4, -0.2) is 94.5 Å². The van der Waals surface area contributed by atoms with Gasteiger partial charge in [-0.2, -0.15) is 0 Å². The molecule has 2 aromatic rings. The fourth-order valence-corrected chi connectivity index (χ4v) is 8.03. The molecule has 1 amide bonds. The van der Waals surface area contributed by atoms with Crippen LogP contribution in [0, 0.1) is 5.92 Å². The van der Waals surface area contributed by atoms with Gasteiger partial charge >= 0.3 is 0 Å². The molecule has 5 rings (SSSR count). The number of carbonyl (C=O) groups excluding carboxylic acids is 4. The minimum Gasteiger partial charge on any atom is -0.507 e. The Morgan fingerprint density at radius 3 is 2.42 bits per heavy atom. The number of fused-ring (bicyclic) bond motifs is 3. The maximum Gasteiger partial charge on any atom is 0.220 e. The molecule has 1 aliphatic heterocycles. The number of methoxy groups -OCH3 is 1. The number of ketones is 3. The Morgan fingerprint density at radius 1 is 1.08 bits per heavy atom. The van der Waals surface area contributed by atoms with Crippen LogP contribution in [0.25, 0.3) is 0 Å². The largest absolute Gasteiger partial charge is 0.507 e. The Labute approximate surface area is 279 Å². The highest BCUT2D eigenvalue weighted by Crippen LogP contribution is 2.52. The van der Waals surface area contributed by atoms with Crippen molar-refractivity contribution in [2.24, 2.45) is 5.92 Å². The second kappa shape index (κ2) is 13.3. The van der Waals surface area contributed by atoms with Crippen molar-refractivity contribution in [1.29, 1.82) is 0 Å². The van der Waals surface area contributed by atoms with Crippen molar-refractivity contribution in [3.05, 3.63) is 51.6 Å². The molecule has 2 aromatic carbocycles. The molecule has 14 heteroatoms. The maximum absolute atomic E-state index is 13.9. The standard InChI is InChI=1S/C34H43NO12Si/c1-16-17(2)46-25(12-20(16)35-24(38)10-7-11-48(4,5)44)47-22-14-34(43,23(37)15-36)13-19-27(22)33(42)29-28(31(19)40)30(39)18-8-6-9-21(45-3)26(18)32(29)41/h6,8-9,16-17,20,22,25,36,40,42-44H,7,10-15H2,1-5H3,(H,35,38)/t16-,17+,20+,22+,25+,34+/m1/s1. The van der Waals surface area contributed by atoms with Crippen molar-refractivity contribution in [2.75, 3.05) is 13.7 Å². The fourth-order valence-electron chi connectivity index (χ4n) is 6.98. The van der Waals surface area contributed by atoms with Gasteiger partial charge in [-0.05, 0) is 38.5 Å². The molecule has 6 N–H and O–H groups in total. The van der Waals surface area contributed by atoms with Crippen LogP contribution < -0.4 is 10.1 Å². The molecule has 48 heavy (non-hydrogen) atoms. The molecule has 13 nitrogen and oxygen atoms in total. The number of carbonyl (C=O) groups is 4. The Morgan fingerprint density at radius 2 is 1.77 bits per heavy atom. The first kappa shape index (κ1) is 35.6. The van der Waals surface area contributed by atoms with Crippen LogP contribution in [0.5, 0.6) is 17.2 Å². The summed E-state index contributed by atoms with van der Waals surface area (Å²) in [6.07, 6.45) is -2.96. The first-order valence-electron chi connectivity index (χ1n) is 16.1. The number of nitrogens with one attached hydrogen (secondary N) is 1. The van der Waals surface area contributed by atoms with Gasteiger partial charge in [0, 0.05) is 54.3 Å². The predicted octanol–water partition coefficient (Wildman–Crippen LogP) is 2.41. The average Bonchev–Trinajstić information content (AvgIpc) is 3.02. The lowest BCUT2D eigenvalue weighted by Crippen LogP contribution is -2.52. The Kier molecular flexibility index (Phi) is 9.90. The number of hydrogen-bond acceptors (Lipinski definition) is 12. The lowest BCUT2D eigenvalue weighted by Gasteiger charge is -2.43. The minimum atomic E-state index is -2.30. The number of aromatic hydroxyl groups is 2. The fraction of sp³-hybridized carbons (Fsp3) is 0.529. The molecule has 0 unspecified atom stereocenters. The zero-order valence-corrected chi connectivity index (χ0v) is 28.7. The zero-order valence-electron chi connectivity index (χ0n) is 27.7. The summed E-state index contributed by atoms with van der Waals surface area (Å²) in [5, 5.41) is 47.5. The number of phenolic OH excluding ortho intramolecular Hbond substituents is 2. The third kappa shape index (κ3) is 6.52. The first-order valence-corrected chi connectivity index (χ1v) is 19.2. The maximum atomic E-state index is 13.9. The van der Waals surface area contributed by atoms with E-state index in [-0.39, 0.29) is 52.7 Å². The van der Waals surface area contributed by atoms with Crippen LogP contribution in [0.2, 0.25) is 19.1 Å². The van der Waals surface area contributed by atoms with Crippen LogP contribution in [0.3, 0.4) is 0 Å². The third-order valence-electron chi connectivity index (χ3n) is 9.78. The first-order chi connectivity index (χ1) is 22.5. The summed E-state index contributed by atoms with van der Waals surface area (Å²) in [6, 6.07) is 4.56. The van der Waals surface area contributed by atoms with E-state index in [2.05, 4.69) is 5.32 Å². The Hall–Kier alpha value is -3.66. The summed E-state index contributed by atoms with van der Waals surface area (Å²) in [5.41, 5.74) is -3.65. The van der Waals surface area contributed by atoms with Crippen molar-refractivity contribution < 1.29 is 58.6 Å². The van der Waals surface area contributed by atoms with Gasteiger partial charge in [0.1, 0.15) is 29.5 Å². The Balaban J connectivity index is 1.52. The molecule has 3 aliphatic rings. The molecule has 6 atom stereocenters. The second-order valence-corrected chi connectivity index (χ2v) is 17.8. The van der Waals surface area contributed by atoms with Gasteiger partial charge in [0.25, 0.3) is 0 Å². The van der Waals surface area contributed by atoms with Crippen LogP contribution in [0.4, 0.5) is 0 Å². The van der Waals surface area contributed by atoms with Gasteiger partial charge < -0.3 is 44.7 Å². The molecule has 0 aromatic heterocycles. The van der Waals surface area contributed by atoms with E-state index in [1.54, 1.807) is 6.92 Å². The van der Waals surface area contributed by atoms with Gasteiger partial charge in [-0.3, -0.25) is 19.2 Å². The normalized spacial score (nSPS) is 26.7. The molecule has 0 bridgehead atoms. The molecule has 1 saturated heterocycles. The predicted molar refractivity (Wildman–Crippen MR) is 173 cm³/mol. The molecule has 1 heterocycles. The summed E-state index contributed by atoms with van der Waals surface area (Å²) in [4.78, 5) is 63.4. The molecular formula is C34H43NO12Si. The molecule has 2 aliphatic carbocycles. The van der Waals surface area contributed by atoms with Crippen molar-refractivity contribution >= 4 is 31.6 Å². The van der Waals surface area contributed by atoms with E-state index in [0.717, 1.165) is 0 Å². The summed E-state index contributed by atoms with van der Waals surface area (Å²) in [6.45, 7) is 6.30. The molecule has 260 valence electrons. The third-order valence-corrected chi connectivity index (χ3v) is 11.4. The highest BCUT2D eigenvalue weighted by Gasteiger charge is 2.50. The number of phenols is 2. The molecule has 0 saturated carbocycles. The number of aliphatic hydroxyl groups excluding tert-OH is 1. The number of aliphatic hydroxyl groups is 2. The number of Topliss-reactive ketones (excluding diaryl/α,β-unsaturated/α-hetero) is 1. The van der Waals surface area contributed by atoms with E-state index in [1.807, 2.05) is 20.0 Å². The van der Waals surface area contributed by atoms with Gasteiger partial charge in [0.05, 0.1) is 36.0 Å². The monoisotopic (exact) mass is 685 g/mol. The summed E-state index contributed by atoms with van der Waals surface area (Å²) in [7, 11) is -0.973. The van der Waals surface area contributed by atoms with Crippen LogP contribution in [0.15, 0.2) is 18.2 Å². The van der Waals surface area contributed by atoms with E-state index < -0.39 is 97.9 Å². The van der Waals surface area contributed by atoms with E-state index in [0.29, 0.717) is 12.5 Å². The van der Waals surface area contributed by atoms with E-state index >= 15 is 0 Å². The number of rotatable bonds is 10. The van der Waals surface area contributed by atoms with Crippen molar-refractivity contribution in [2.45, 2.75) is 95.2 Å². The lowest BCUT2D eigenvalue weighted by atomic mass is 9.72. The minimum absolute atomic E-state index is 0.0549. The highest BCUT2D eigenvalue weighted by molar-refractivity contribution is 6.69. The second-order valence-electron chi connectivity index (χ2n) is 13.7. The SMILES string of the molecule is COc1cccc2c1C(=O)c1c(O)c3c(c(O)c1C2=O)C[C@@](O)(C(=O)CO)C[C@@H]3O[C@H]1C[C@H](NC(=O)CCC[Si](C)(C)O)[C@H](C)[C@H](C)O1. The van der Waals surface area contributed by atoms with E-state index in [1.165, 1.54) is 25.3 Å². The molecule has 0 radical (unpaired) electrons. The molecular weight excluding hydrogens is 642 g/mol. The topological polar surface area (TPSA) is 209 Å². The van der Waals surface area contributed by atoms with Crippen molar-refractivity contribution in [1.82, 2.24) is 5.32 Å². The summed E-state index contributed by atoms with van der Waals surface area (Å²) >= 11 is 0. The molecule has 0 spiro atoms. The van der Waals surface area contributed by atoms with Gasteiger partial charge in [-0.25, -0.2) is 0 Å². The van der Waals surface area contributed by atoms with Crippen molar-refractivity contribution in [3.63, 3.8) is 0 Å². The molecule has 1 fully saturated rings. The Bertz CT molecular complexity index is 1650. The summed E-state index contributed by atoms with van der Waals surface area (Å²) in [5.74, 6) is -4.11. The van der Waals surface area contributed by atoms with E-state index in [4.69, 9.17) is 14.2 Å². The number of hydrogen-bond donors (Lipinski definition) is 6. The number of ether oxygens (including phenoxy) is 3. The van der Waals surface area contributed by atoms with Crippen LogP contribution >= 0.6 is 0 Å².